The van der Waals surface area contributed by atoms with Crippen LogP contribution in [0.5, 0.6) is 0 Å². The number of likely N-dealkylation sites (tertiary alicyclic amines) is 1. The van der Waals surface area contributed by atoms with Crippen LogP contribution in [0.25, 0.3) is 0 Å². The van der Waals surface area contributed by atoms with Crippen molar-refractivity contribution in [1.82, 2.24) is 10.2 Å². The number of nitrogens with two attached hydrogens (primary N) is 1. The van der Waals surface area contributed by atoms with Crippen molar-refractivity contribution in [2.45, 2.75) is 39.2 Å². The first-order valence-corrected chi connectivity index (χ1v) is 5.74. The molecule has 1 saturated heterocycles. The van der Waals surface area contributed by atoms with Crippen LogP contribution in [-0.4, -0.2) is 35.4 Å². The van der Waals surface area contributed by atoms with Crippen LogP contribution in [0, 0.1) is 11.3 Å². The zero-order chi connectivity index (χ0) is 12.3. The highest BCUT2D eigenvalue weighted by Crippen LogP contribution is 2.16. The van der Waals surface area contributed by atoms with Gasteiger partial charge in [0, 0.05) is 13.1 Å². The minimum absolute atomic E-state index is 0.0220. The zero-order valence-electron chi connectivity index (χ0n) is 10.3. The zero-order valence-corrected chi connectivity index (χ0v) is 10.3. The Morgan fingerprint density at radius 3 is 2.38 bits per heavy atom. The van der Waals surface area contributed by atoms with E-state index in [-0.39, 0.29) is 11.9 Å². The van der Waals surface area contributed by atoms with Gasteiger partial charge in [-0.15, -0.1) is 0 Å². The predicted octanol–water partition coefficient (Wildman–Crippen LogP) is 1.14. The Hall–Kier alpha value is -1.26. The average Bonchev–Trinajstić information content (AvgIpc) is 2.17. The van der Waals surface area contributed by atoms with Crippen LogP contribution < -0.4 is 11.1 Å². The summed E-state index contributed by atoms with van der Waals surface area (Å²) in [6.07, 6.45) is 2.10. The van der Waals surface area contributed by atoms with Gasteiger partial charge in [-0.1, -0.05) is 6.92 Å². The Morgan fingerprint density at radius 1 is 1.44 bits per heavy atom. The van der Waals surface area contributed by atoms with E-state index in [0.29, 0.717) is 5.92 Å². The van der Waals surface area contributed by atoms with E-state index >= 15 is 0 Å². The maximum Gasteiger partial charge on any atom is 0.318 e. The molecule has 92 valence electrons. The van der Waals surface area contributed by atoms with Gasteiger partial charge in [0.2, 0.25) is 0 Å². The molecule has 0 saturated carbocycles. The number of urea groups is 1. The van der Waals surface area contributed by atoms with Crippen LogP contribution in [0.3, 0.4) is 0 Å². The van der Waals surface area contributed by atoms with Crippen molar-refractivity contribution >= 4 is 11.9 Å². The monoisotopic (exact) mass is 226 g/mol. The van der Waals surface area contributed by atoms with E-state index in [1.165, 1.54) is 0 Å². The number of carbonyl (C=O) groups is 1. The fourth-order valence-corrected chi connectivity index (χ4v) is 1.63. The second-order valence-electron chi connectivity index (χ2n) is 5.14. The van der Waals surface area contributed by atoms with Gasteiger partial charge in [0.15, 0.2) is 0 Å². The van der Waals surface area contributed by atoms with E-state index in [9.17, 15) is 4.79 Å². The molecule has 0 aromatic carbocycles. The molecule has 0 aliphatic carbocycles. The van der Waals surface area contributed by atoms with Crippen molar-refractivity contribution in [3.05, 3.63) is 0 Å². The van der Waals surface area contributed by atoms with E-state index in [0.717, 1.165) is 25.9 Å². The largest absolute Gasteiger partial charge is 0.386 e. The molecule has 1 aliphatic heterocycles. The maximum atomic E-state index is 11.9. The summed E-state index contributed by atoms with van der Waals surface area (Å²) < 4.78 is 0. The van der Waals surface area contributed by atoms with Gasteiger partial charge in [0.25, 0.3) is 0 Å². The van der Waals surface area contributed by atoms with Crippen molar-refractivity contribution in [1.29, 1.82) is 5.41 Å². The van der Waals surface area contributed by atoms with E-state index in [1.54, 1.807) is 18.7 Å². The lowest BCUT2D eigenvalue weighted by molar-refractivity contribution is 0.169. The van der Waals surface area contributed by atoms with Gasteiger partial charge in [-0.25, -0.2) is 4.79 Å². The summed E-state index contributed by atoms with van der Waals surface area (Å²) in [4.78, 5) is 13.7. The molecule has 0 aromatic heterocycles. The molecule has 0 unspecified atom stereocenters. The Balaban J connectivity index is 2.50. The van der Waals surface area contributed by atoms with Gasteiger partial charge < -0.3 is 16.0 Å². The molecule has 0 atom stereocenters. The van der Waals surface area contributed by atoms with E-state index in [1.807, 2.05) is 0 Å². The number of nitrogens with zero attached hydrogens (tertiary/aromatic N) is 1. The Labute approximate surface area is 96.9 Å². The van der Waals surface area contributed by atoms with Gasteiger partial charge >= 0.3 is 6.03 Å². The molecule has 16 heavy (non-hydrogen) atoms. The average molecular weight is 226 g/mol. The second-order valence-corrected chi connectivity index (χ2v) is 5.14. The molecule has 2 amide bonds. The lowest BCUT2D eigenvalue weighted by Crippen LogP contribution is -2.57. The molecule has 0 bridgehead atoms. The van der Waals surface area contributed by atoms with Crippen LogP contribution in [0.4, 0.5) is 4.79 Å². The number of piperidine rings is 1. The third-order valence-electron chi connectivity index (χ3n) is 3.16. The molecule has 0 radical (unpaired) electrons. The first kappa shape index (κ1) is 12.8. The highest BCUT2D eigenvalue weighted by molar-refractivity contribution is 5.90. The van der Waals surface area contributed by atoms with Crippen molar-refractivity contribution in [2.75, 3.05) is 13.1 Å². The molecule has 5 heteroatoms. The number of amidine groups is 1. The smallest absolute Gasteiger partial charge is 0.318 e. The fourth-order valence-electron chi connectivity index (χ4n) is 1.63. The molecule has 1 heterocycles. The van der Waals surface area contributed by atoms with Gasteiger partial charge in [-0.2, -0.15) is 0 Å². The molecule has 4 N–H and O–H groups in total. The summed E-state index contributed by atoms with van der Waals surface area (Å²) in [5.41, 5.74) is 4.66. The second kappa shape index (κ2) is 4.72. The quantitative estimate of drug-likeness (QED) is 0.487. The summed E-state index contributed by atoms with van der Waals surface area (Å²) in [7, 11) is 0. The van der Waals surface area contributed by atoms with Gasteiger partial charge in [0.1, 0.15) is 5.84 Å². The minimum Gasteiger partial charge on any atom is -0.386 e. The number of amides is 2. The molecule has 1 rings (SSSR count). The Morgan fingerprint density at radius 2 is 1.94 bits per heavy atom. The fraction of sp³-hybridized carbons (Fsp3) is 0.818. The number of carbonyl (C=O) groups excluding carboxylic acids is 1. The number of hydrogen-bond donors (Lipinski definition) is 3. The third-order valence-corrected chi connectivity index (χ3v) is 3.16. The molecular formula is C11H22N4O. The van der Waals surface area contributed by atoms with Crippen LogP contribution in [-0.2, 0) is 0 Å². The number of rotatable bonds is 2. The highest BCUT2D eigenvalue weighted by Gasteiger charge is 2.28. The van der Waals surface area contributed by atoms with Gasteiger partial charge in [0.05, 0.1) is 5.54 Å². The SMILES string of the molecule is CC1CCN(C(=O)NC(C)(C)C(=N)N)CC1. The summed E-state index contributed by atoms with van der Waals surface area (Å²) in [5, 5.41) is 10.2. The molecule has 0 aromatic rings. The van der Waals surface area contributed by atoms with E-state index < -0.39 is 5.54 Å². The van der Waals surface area contributed by atoms with Gasteiger partial charge in [-0.05, 0) is 32.6 Å². The Bertz CT molecular complexity index is 280. The lowest BCUT2D eigenvalue weighted by Gasteiger charge is -2.34. The topological polar surface area (TPSA) is 82.2 Å². The third kappa shape index (κ3) is 3.12. The van der Waals surface area contributed by atoms with Crippen molar-refractivity contribution in [3.8, 4) is 0 Å². The Kier molecular flexibility index (Phi) is 3.78. The van der Waals surface area contributed by atoms with Crippen molar-refractivity contribution in [3.63, 3.8) is 0 Å². The molecule has 5 nitrogen and oxygen atoms in total. The van der Waals surface area contributed by atoms with Crippen LogP contribution in [0.15, 0.2) is 0 Å². The standard InChI is InChI=1S/C11H22N4O/c1-8-4-6-15(7-5-8)10(16)14-11(2,3)9(12)13/h8H,4-7H2,1-3H3,(H3,12,13)(H,14,16). The maximum absolute atomic E-state index is 11.9. The van der Waals surface area contributed by atoms with Crippen LogP contribution in [0.2, 0.25) is 0 Å². The normalized spacial score (nSPS) is 18.3. The summed E-state index contributed by atoms with van der Waals surface area (Å²) in [6, 6.07) is -0.118. The highest BCUT2D eigenvalue weighted by atomic mass is 16.2. The molecule has 1 aliphatic rings. The first-order chi connectivity index (χ1) is 7.33. The minimum atomic E-state index is -0.764. The summed E-state index contributed by atoms with van der Waals surface area (Å²) in [5.74, 6) is 0.677. The molecular weight excluding hydrogens is 204 g/mol. The summed E-state index contributed by atoms with van der Waals surface area (Å²) in [6.45, 7) is 7.26. The van der Waals surface area contributed by atoms with Gasteiger partial charge in [-0.3, -0.25) is 5.41 Å². The van der Waals surface area contributed by atoms with Crippen molar-refractivity contribution < 1.29 is 4.79 Å². The molecule has 1 fully saturated rings. The number of nitrogens with one attached hydrogen (secondary N) is 2. The van der Waals surface area contributed by atoms with Crippen LogP contribution in [0.1, 0.15) is 33.6 Å². The van der Waals surface area contributed by atoms with E-state index in [2.05, 4.69) is 12.2 Å². The molecule has 0 spiro atoms. The van der Waals surface area contributed by atoms with Crippen molar-refractivity contribution in [2.24, 2.45) is 11.7 Å². The van der Waals surface area contributed by atoms with Crippen LogP contribution >= 0.6 is 0 Å². The summed E-state index contributed by atoms with van der Waals surface area (Å²) >= 11 is 0. The first-order valence-electron chi connectivity index (χ1n) is 5.74. The number of hydrogen-bond acceptors (Lipinski definition) is 2. The predicted molar refractivity (Wildman–Crippen MR) is 64.5 cm³/mol. The lowest BCUT2D eigenvalue weighted by atomic mass is 9.99. The van der Waals surface area contributed by atoms with E-state index in [4.69, 9.17) is 11.1 Å².